The molecule has 1 heterocycles. The minimum absolute atomic E-state index is 0.252. The van der Waals surface area contributed by atoms with Crippen molar-refractivity contribution >= 4 is 0 Å². The largest absolute Gasteiger partial charge is 0.286 e. The third kappa shape index (κ3) is 3.21. The van der Waals surface area contributed by atoms with Crippen molar-refractivity contribution in [1.82, 2.24) is 4.90 Å². The molecule has 0 bridgehead atoms. The highest BCUT2D eigenvalue weighted by atomic mass is 15.2. The van der Waals surface area contributed by atoms with Crippen molar-refractivity contribution in [2.45, 2.75) is 25.8 Å². The van der Waals surface area contributed by atoms with Gasteiger partial charge in [0.05, 0.1) is 5.54 Å². The molecule has 0 saturated carbocycles. The van der Waals surface area contributed by atoms with Crippen LogP contribution in [0.5, 0.6) is 0 Å². The predicted octanol–water partition coefficient (Wildman–Crippen LogP) is 5.96. The van der Waals surface area contributed by atoms with Crippen LogP contribution in [0.1, 0.15) is 37.0 Å². The van der Waals surface area contributed by atoms with E-state index in [1.165, 1.54) is 23.1 Å². The first-order valence-corrected chi connectivity index (χ1v) is 10.1. The normalized spacial score (nSPS) is 21.1. The number of likely N-dealkylation sites (tertiary alicyclic amines) is 1. The quantitative estimate of drug-likeness (QED) is 0.522. The fraction of sp³-hybridized carbons (Fsp3) is 0.308. The van der Waals surface area contributed by atoms with E-state index in [1.54, 1.807) is 0 Å². The van der Waals surface area contributed by atoms with Gasteiger partial charge in [-0.2, -0.15) is 0 Å². The fourth-order valence-corrected chi connectivity index (χ4v) is 4.65. The number of benzene rings is 3. The summed E-state index contributed by atoms with van der Waals surface area (Å²) in [6.07, 6.45) is 1.25. The molecule has 27 heavy (non-hydrogen) atoms. The van der Waals surface area contributed by atoms with Gasteiger partial charge in [-0.1, -0.05) is 105 Å². The van der Waals surface area contributed by atoms with E-state index in [0.29, 0.717) is 5.92 Å². The number of piperidine rings is 1. The van der Waals surface area contributed by atoms with Crippen molar-refractivity contribution in [2.24, 2.45) is 11.8 Å². The molecule has 1 saturated heterocycles. The van der Waals surface area contributed by atoms with Gasteiger partial charge in [-0.3, -0.25) is 4.90 Å². The second kappa shape index (κ2) is 7.70. The Morgan fingerprint density at radius 2 is 1.04 bits per heavy atom. The molecule has 3 aromatic carbocycles. The molecule has 0 aromatic heterocycles. The van der Waals surface area contributed by atoms with Crippen molar-refractivity contribution in [3.8, 4) is 0 Å². The fourth-order valence-electron chi connectivity index (χ4n) is 4.65. The van der Waals surface area contributed by atoms with Gasteiger partial charge in [-0.05, 0) is 41.5 Å². The second-order valence-corrected chi connectivity index (χ2v) is 8.00. The molecular weight excluding hydrogens is 326 g/mol. The molecule has 2 atom stereocenters. The van der Waals surface area contributed by atoms with Crippen LogP contribution in [-0.4, -0.2) is 18.0 Å². The summed E-state index contributed by atoms with van der Waals surface area (Å²) in [5, 5.41) is 0. The third-order valence-electron chi connectivity index (χ3n) is 6.38. The van der Waals surface area contributed by atoms with Crippen LogP contribution in [0.4, 0.5) is 0 Å². The van der Waals surface area contributed by atoms with Gasteiger partial charge in [0.1, 0.15) is 0 Å². The topological polar surface area (TPSA) is 3.24 Å². The summed E-state index contributed by atoms with van der Waals surface area (Å²) < 4.78 is 0. The van der Waals surface area contributed by atoms with Crippen molar-refractivity contribution in [3.63, 3.8) is 0 Å². The lowest BCUT2D eigenvalue weighted by molar-refractivity contribution is 0.0700. The molecule has 0 aliphatic carbocycles. The standard InChI is InChI=1S/C26H29N/c1-21-18-19-27(20-22(21)2)26(23-12-6-3-7-13-23,24-14-8-4-9-15-24)25-16-10-5-11-17-25/h3-17,21-22H,18-20H2,1-2H3. The first kappa shape index (κ1) is 18.0. The summed E-state index contributed by atoms with van der Waals surface area (Å²) >= 11 is 0. The van der Waals surface area contributed by atoms with Crippen LogP contribution in [0.25, 0.3) is 0 Å². The molecule has 138 valence electrons. The maximum absolute atomic E-state index is 2.72. The van der Waals surface area contributed by atoms with Crippen LogP contribution in [0, 0.1) is 11.8 Å². The van der Waals surface area contributed by atoms with Gasteiger partial charge in [0.15, 0.2) is 0 Å². The van der Waals surface area contributed by atoms with E-state index in [0.717, 1.165) is 19.0 Å². The van der Waals surface area contributed by atoms with Gasteiger partial charge < -0.3 is 0 Å². The van der Waals surface area contributed by atoms with Crippen LogP contribution < -0.4 is 0 Å². The molecule has 1 aliphatic rings. The summed E-state index contributed by atoms with van der Waals surface area (Å²) in [5.41, 5.74) is 3.80. The number of hydrogen-bond donors (Lipinski definition) is 0. The van der Waals surface area contributed by atoms with Gasteiger partial charge in [-0.25, -0.2) is 0 Å². The smallest absolute Gasteiger partial charge is 0.0973 e. The maximum Gasteiger partial charge on any atom is 0.0973 e. The molecule has 4 rings (SSSR count). The molecule has 3 aromatic rings. The van der Waals surface area contributed by atoms with Crippen LogP contribution in [0.3, 0.4) is 0 Å². The van der Waals surface area contributed by atoms with E-state index in [1.807, 2.05) is 0 Å². The lowest BCUT2D eigenvalue weighted by atomic mass is 9.73. The van der Waals surface area contributed by atoms with E-state index in [4.69, 9.17) is 0 Å². The predicted molar refractivity (Wildman–Crippen MR) is 114 cm³/mol. The lowest BCUT2D eigenvalue weighted by Crippen LogP contribution is -2.53. The molecule has 0 spiro atoms. The molecule has 1 nitrogen and oxygen atoms in total. The Kier molecular flexibility index (Phi) is 5.13. The average molecular weight is 356 g/mol. The molecule has 0 amide bonds. The minimum atomic E-state index is -0.252. The first-order valence-electron chi connectivity index (χ1n) is 10.1. The number of hydrogen-bond acceptors (Lipinski definition) is 1. The Labute approximate surface area is 163 Å². The summed E-state index contributed by atoms with van der Waals surface area (Å²) in [6.45, 7) is 7.03. The van der Waals surface area contributed by atoms with Crippen molar-refractivity contribution in [3.05, 3.63) is 108 Å². The van der Waals surface area contributed by atoms with Crippen molar-refractivity contribution in [2.75, 3.05) is 13.1 Å². The van der Waals surface area contributed by atoms with Gasteiger partial charge in [0.25, 0.3) is 0 Å². The first-order chi connectivity index (χ1) is 13.2. The summed E-state index contributed by atoms with van der Waals surface area (Å²) in [4.78, 5) is 2.72. The van der Waals surface area contributed by atoms with Crippen LogP contribution >= 0.6 is 0 Å². The van der Waals surface area contributed by atoms with Crippen LogP contribution in [0.2, 0.25) is 0 Å². The molecule has 1 fully saturated rings. The van der Waals surface area contributed by atoms with Gasteiger partial charge in [0, 0.05) is 6.54 Å². The minimum Gasteiger partial charge on any atom is -0.286 e. The van der Waals surface area contributed by atoms with Gasteiger partial charge in [-0.15, -0.1) is 0 Å². The Morgan fingerprint density at radius 1 is 0.630 bits per heavy atom. The Hall–Kier alpha value is -2.38. The van der Waals surface area contributed by atoms with Crippen LogP contribution in [-0.2, 0) is 5.54 Å². The Bertz CT molecular complexity index is 744. The Morgan fingerprint density at radius 3 is 1.41 bits per heavy atom. The van der Waals surface area contributed by atoms with E-state index in [-0.39, 0.29) is 5.54 Å². The van der Waals surface area contributed by atoms with Crippen LogP contribution in [0.15, 0.2) is 91.0 Å². The molecule has 0 radical (unpaired) electrons. The van der Waals surface area contributed by atoms with Gasteiger partial charge >= 0.3 is 0 Å². The molecule has 2 unspecified atom stereocenters. The third-order valence-corrected chi connectivity index (χ3v) is 6.38. The SMILES string of the molecule is CC1CCN(C(c2ccccc2)(c2ccccc2)c2ccccc2)CC1C. The molecule has 0 N–H and O–H groups in total. The highest BCUT2D eigenvalue weighted by Gasteiger charge is 2.44. The molecular formula is C26H29N. The van der Waals surface area contributed by atoms with E-state index in [2.05, 4.69) is 110 Å². The van der Waals surface area contributed by atoms with E-state index < -0.39 is 0 Å². The lowest BCUT2D eigenvalue weighted by Gasteiger charge is -2.50. The maximum atomic E-state index is 2.72. The zero-order chi connectivity index (χ0) is 18.7. The summed E-state index contributed by atoms with van der Waals surface area (Å²) in [7, 11) is 0. The summed E-state index contributed by atoms with van der Waals surface area (Å²) in [5.74, 6) is 1.47. The summed E-state index contributed by atoms with van der Waals surface area (Å²) in [6, 6.07) is 33.2. The molecule has 1 aliphatic heterocycles. The highest BCUT2D eigenvalue weighted by Crippen LogP contribution is 2.44. The van der Waals surface area contributed by atoms with Gasteiger partial charge in [0.2, 0.25) is 0 Å². The average Bonchev–Trinajstić information content (AvgIpc) is 2.74. The second-order valence-electron chi connectivity index (χ2n) is 8.00. The number of nitrogens with zero attached hydrogens (tertiary/aromatic N) is 1. The monoisotopic (exact) mass is 355 g/mol. The number of rotatable bonds is 4. The van der Waals surface area contributed by atoms with E-state index >= 15 is 0 Å². The molecule has 1 heteroatoms. The zero-order valence-electron chi connectivity index (χ0n) is 16.4. The Balaban J connectivity index is 1.98. The highest BCUT2D eigenvalue weighted by molar-refractivity contribution is 5.49. The van der Waals surface area contributed by atoms with E-state index in [9.17, 15) is 0 Å². The van der Waals surface area contributed by atoms with Crippen molar-refractivity contribution < 1.29 is 0 Å². The zero-order valence-corrected chi connectivity index (χ0v) is 16.4. The van der Waals surface area contributed by atoms with Crippen molar-refractivity contribution in [1.29, 1.82) is 0 Å².